The van der Waals surface area contributed by atoms with Crippen LogP contribution < -0.4 is 10.7 Å². The van der Waals surface area contributed by atoms with Crippen molar-refractivity contribution in [3.63, 3.8) is 0 Å². The van der Waals surface area contributed by atoms with Crippen molar-refractivity contribution < 1.29 is 22.7 Å². The number of H-pyrrole nitrogens is 1. The normalized spacial score (nSPS) is 11.0. The van der Waals surface area contributed by atoms with Gasteiger partial charge in [-0.1, -0.05) is 30.3 Å². The van der Waals surface area contributed by atoms with E-state index < -0.39 is 23.4 Å². The number of rotatable bonds is 3. The number of amides is 1. The van der Waals surface area contributed by atoms with Gasteiger partial charge in [-0.15, -0.1) is 0 Å². The molecule has 1 heterocycles. The summed E-state index contributed by atoms with van der Waals surface area (Å²) in [6, 6.07) is 9.16. The highest BCUT2D eigenvalue weighted by molar-refractivity contribution is 5.84. The van der Waals surface area contributed by atoms with E-state index >= 15 is 0 Å². The molecule has 5 nitrogen and oxygen atoms in total. The van der Waals surface area contributed by atoms with Crippen molar-refractivity contribution in [2.45, 2.75) is 12.8 Å². The van der Waals surface area contributed by atoms with E-state index in [2.05, 4.69) is 5.32 Å². The molecule has 0 aliphatic heterocycles. The van der Waals surface area contributed by atoms with Crippen molar-refractivity contribution in [1.82, 2.24) is 4.98 Å². The molecule has 0 saturated carbocycles. The third-order valence-electron chi connectivity index (χ3n) is 2.67. The second kappa shape index (κ2) is 6.33. The van der Waals surface area contributed by atoms with Crippen molar-refractivity contribution in [3.8, 4) is 0 Å². The molecule has 0 aliphatic rings. The Morgan fingerprint density at radius 2 is 1.91 bits per heavy atom. The van der Waals surface area contributed by atoms with E-state index in [1.807, 2.05) is 4.98 Å². The lowest BCUT2D eigenvalue weighted by molar-refractivity contribution is -0.141. The van der Waals surface area contributed by atoms with Crippen LogP contribution in [0.1, 0.15) is 11.3 Å². The highest BCUT2D eigenvalue weighted by Crippen LogP contribution is 2.26. The number of carbonyl (C=O) groups is 1. The molecule has 0 radical (unpaired) electrons. The molecule has 2 aromatic rings. The van der Waals surface area contributed by atoms with Crippen LogP contribution in [0.3, 0.4) is 0 Å². The summed E-state index contributed by atoms with van der Waals surface area (Å²) in [4.78, 5) is 24.9. The second-order valence-electron chi connectivity index (χ2n) is 4.31. The van der Waals surface area contributed by atoms with Gasteiger partial charge in [-0.25, -0.2) is 4.79 Å². The minimum Gasteiger partial charge on any atom is -0.444 e. The smallest absolute Gasteiger partial charge is 0.431 e. The summed E-state index contributed by atoms with van der Waals surface area (Å²) in [6.07, 6.45) is -4.82. The molecule has 1 aromatic heterocycles. The zero-order chi connectivity index (χ0) is 16.2. The molecule has 0 atom stereocenters. The van der Waals surface area contributed by atoms with E-state index in [0.29, 0.717) is 6.07 Å². The standard InChI is InChI=1S/C14H11F3N2O3/c15-14(16,17)12-6-11(20)10(7-18-12)19-13(21)22-8-9-4-2-1-3-5-9/h1-7H,8H2,(H,18,20)(H,19,21). The quantitative estimate of drug-likeness (QED) is 0.914. The summed E-state index contributed by atoms with van der Waals surface area (Å²) >= 11 is 0. The van der Waals surface area contributed by atoms with E-state index in [4.69, 9.17) is 4.74 Å². The average molecular weight is 312 g/mol. The molecule has 1 aromatic carbocycles. The molecule has 22 heavy (non-hydrogen) atoms. The summed E-state index contributed by atoms with van der Waals surface area (Å²) in [7, 11) is 0. The zero-order valence-corrected chi connectivity index (χ0v) is 11.1. The van der Waals surface area contributed by atoms with Crippen molar-refractivity contribution in [3.05, 3.63) is 64.1 Å². The first-order valence-corrected chi connectivity index (χ1v) is 6.14. The molecule has 0 saturated heterocycles. The number of halogens is 3. The molecule has 2 N–H and O–H groups in total. The maximum atomic E-state index is 12.4. The van der Waals surface area contributed by atoms with Crippen molar-refractivity contribution in [2.24, 2.45) is 0 Å². The van der Waals surface area contributed by atoms with E-state index in [9.17, 15) is 22.8 Å². The number of aromatic amines is 1. The van der Waals surface area contributed by atoms with Crippen LogP contribution in [0.2, 0.25) is 0 Å². The van der Waals surface area contributed by atoms with Gasteiger partial charge in [-0.2, -0.15) is 13.2 Å². The van der Waals surface area contributed by atoms with Crippen molar-refractivity contribution in [2.75, 3.05) is 5.32 Å². The van der Waals surface area contributed by atoms with Gasteiger partial charge in [0.15, 0.2) is 0 Å². The number of pyridine rings is 1. The number of carbonyl (C=O) groups excluding carboxylic acids is 1. The number of benzene rings is 1. The fourth-order valence-electron chi connectivity index (χ4n) is 1.60. The van der Waals surface area contributed by atoms with Gasteiger partial charge in [0.25, 0.3) is 0 Å². The third-order valence-corrected chi connectivity index (χ3v) is 2.67. The summed E-state index contributed by atoms with van der Waals surface area (Å²) in [5, 5.41) is 2.09. The van der Waals surface area contributed by atoms with Crippen molar-refractivity contribution in [1.29, 1.82) is 0 Å². The van der Waals surface area contributed by atoms with Crippen LogP contribution in [0.5, 0.6) is 0 Å². The number of aromatic nitrogens is 1. The topological polar surface area (TPSA) is 71.2 Å². The van der Waals surface area contributed by atoms with Crippen LogP contribution in [0.4, 0.5) is 23.7 Å². The summed E-state index contributed by atoms with van der Waals surface area (Å²) < 4.78 is 42.0. The van der Waals surface area contributed by atoms with Gasteiger partial charge in [0.1, 0.15) is 18.0 Å². The van der Waals surface area contributed by atoms with Gasteiger partial charge in [0.2, 0.25) is 5.43 Å². The minimum atomic E-state index is -4.66. The fraction of sp³-hybridized carbons (Fsp3) is 0.143. The predicted octanol–water partition coefficient (Wildman–Crippen LogP) is 3.14. The monoisotopic (exact) mass is 312 g/mol. The average Bonchev–Trinajstić information content (AvgIpc) is 2.47. The van der Waals surface area contributed by atoms with E-state index in [0.717, 1.165) is 11.8 Å². The van der Waals surface area contributed by atoms with Gasteiger partial charge in [0, 0.05) is 12.3 Å². The maximum absolute atomic E-state index is 12.4. The van der Waals surface area contributed by atoms with Crippen LogP contribution in [-0.4, -0.2) is 11.1 Å². The first-order chi connectivity index (χ1) is 10.4. The lowest BCUT2D eigenvalue weighted by Gasteiger charge is -2.09. The second-order valence-corrected chi connectivity index (χ2v) is 4.31. The molecule has 2 rings (SSSR count). The Hall–Kier alpha value is -2.77. The van der Waals surface area contributed by atoms with Gasteiger partial charge in [0.05, 0.1) is 0 Å². The number of hydrogen-bond acceptors (Lipinski definition) is 3. The molecule has 0 fully saturated rings. The lowest BCUT2D eigenvalue weighted by Crippen LogP contribution is -2.21. The predicted molar refractivity (Wildman–Crippen MR) is 72.3 cm³/mol. The Labute approximate surface area is 122 Å². The van der Waals surface area contributed by atoms with E-state index in [-0.39, 0.29) is 12.3 Å². The third kappa shape index (κ3) is 4.11. The first kappa shape index (κ1) is 15.6. The molecule has 0 spiro atoms. The van der Waals surface area contributed by atoms with Crippen LogP contribution in [0.25, 0.3) is 0 Å². The van der Waals surface area contributed by atoms with Crippen LogP contribution >= 0.6 is 0 Å². The summed E-state index contributed by atoms with van der Waals surface area (Å²) in [5.74, 6) is 0. The Kier molecular flexibility index (Phi) is 4.50. The van der Waals surface area contributed by atoms with Crippen molar-refractivity contribution >= 4 is 11.8 Å². The number of alkyl halides is 3. The molecule has 0 aliphatic carbocycles. The number of ether oxygens (including phenoxy) is 1. The molecular formula is C14H11F3N2O3. The van der Waals surface area contributed by atoms with Crippen LogP contribution in [-0.2, 0) is 17.5 Å². The Bertz CT molecular complexity index is 711. The molecule has 0 unspecified atom stereocenters. The summed E-state index contributed by atoms with van der Waals surface area (Å²) in [5.41, 5.74) is -1.76. The minimum absolute atomic E-state index is 0.0226. The largest absolute Gasteiger partial charge is 0.444 e. The SMILES string of the molecule is O=C(Nc1c[nH]c(C(F)(F)F)cc1=O)OCc1ccccc1. The highest BCUT2D eigenvalue weighted by atomic mass is 19.4. The van der Waals surface area contributed by atoms with E-state index in [1.54, 1.807) is 30.3 Å². The van der Waals surface area contributed by atoms with Gasteiger partial charge in [-0.05, 0) is 5.56 Å². The first-order valence-electron chi connectivity index (χ1n) is 6.14. The van der Waals surface area contributed by atoms with Gasteiger partial charge >= 0.3 is 12.3 Å². The number of nitrogens with one attached hydrogen (secondary N) is 2. The molecule has 116 valence electrons. The maximum Gasteiger partial charge on any atom is 0.431 e. The molecule has 1 amide bonds. The Balaban J connectivity index is 1.99. The number of hydrogen-bond donors (Lipinski definition) is 2. The Morgan fingerprint density at radius 1 is 1.23 bits per heavy atom. The lowest BCUT2D eigenvalue weighted by atomic mass is 10.2. The molecular weight excluding hydrogens is 301 g/mol. The van der Waals surface area contributed by atoms with Gasteiger partial charge in [-0.3, -0.25) is 10.1 Å². The Morgan fingerprint density at radius 3 is 2.50 bits per heavy atom. The highest BCUT2D eigenvalue weighted by Gasteiger charge is 2.32. The zero-order valence-electron chi connectivity index (χ0n) is 11.1. The molecule has 0 bridgehead atoms. The summed E-state index contributed by atoms with van der Waals surface area (Å²) in [6.45, 7) is -0.0226. The fourth-order valence-corrected chi connectivity index (χ4v) is 1.60. The van der Waals surface area contributed by atoms with Crippen LogP contribution in [0.15, 0.2) is 47.4 Å². The van der Waals surface area contributed by atoms with Gasteiger partial charge < -0.3 is 9.72 Å². The molecule has 8 heteroatoms. The van der Waals surface area contributed by atoms with E-state index in [1.165, 1.54) is 0 Å². The van der Waals surface area contributed by atoms with Crippen LogP contribution in [0, 0.1) is 0 Å². The number of anilines is 1.